The van der Waals surface area contributed by atoms with Crippen LogP contribution in [0.4, 0.5) is 5.69 Å². The molecule has 0 saturated carbocycles. The molecule has 2 aromatic rings. The minimum Gasteiger partial charge on any atom is -0.494 e. The van der Waals surface area contributed by atoms with Crippen molar-refractivity contribution < 1.29 is 19.1 Å². The Kier molecular flexibility index (Phi) is 7.64. The molecule has 0 spiro atoms. The fourth-order valence-corrected chi connectivity index (χ4v) is 2.20. The maximum Gasteiger partial charge on any atom is 0.255 e. The molecule has 0 fully saturated rings. The predicted molar refractivity (Wildman–Crippen MR) is 101 cm³/mol. The summed E-state index contributed by atoms with van der Waals surface area (Å²) in [5.41, 5.74) is 1.68. The summed E-state index contributed by atoms with van der Waals surface area (Å²) < 4.78 is 10.4. The highest BCUT2D eigenvalue weighted by Gasteiger charge is 2.08. The summed E-state index contributed by atoms with van der Waals surface area (Å²) in [6.07, 6.45) is 0.933. The molecule has 0 saturated heterocycles. The molecule has 2 amide bonds. The Morgan fingerprint density at radius 3 is 2.12 bits per heavy atom. The van der Waals surface area contributed by atoms with Gasteiger partial charge in [-0.1, -0.05) is 6.92 Å². The van der Waals surface area contributed by atoms with E-state index in [4.69, 9.17) is 9.47 Å². The Labute approximate surface area is 153 Å². The molecule has 0 aromatic heterocycles. The number of methoxy groups -OCH3 is 1. The van der Waals surface area contributed by atoms with Crippen molar-refractivity contribution in [3.05, 3.63) is 59.7 Å². The maximum absolute atomic E-state index is 12.3. The molecule has 0 aliphatic rings. The zero-order valence-corrected chi connectivity index (χ0v) is 15.1. The van der Waals surface area contributed by atoms with Crippen LogP contribution in [0.3, 0.4) is 0 Å². The van der Waals surface area contributed by atoms with Gasteiger partial charge in [-0.25, -0.2) is 0 Å². The molecule has 138 valence electrons. The number of nitrogens with one attached hydrogen (secondary N) is 2. The Morgan fingerprint density at radius 1 is 0.885 bits per heavy atom. The molecule has 0 radical (unpaired) electrons. The molecule has 2 rings (SSSR count). The van der Waals surface area contributed by atoms with Gasteiger partial charge in [0.05, 0.1) is 13.2 Å². The van der Waals surface area contributed by atoms with E-state index in [1.807, 2.05) is 6.92 Å². The summed E-state index contributed by atoms with van der Waals surface area (Å²) in [5.74, 6) is 0.346. The van der Waals surface area contributed by atoms with Crippen LogP contribution in [0.5, 0.6) is 5.75 Å². The van der Waals surface area contributed by atoms with E-state index in [2.05, 4.69) is 10.6 Å². The van der Waals surface area contributed by atoms with Gasteiger partial charge >= 0.3 is 0 Å². The van der Waals surface area contributed by atoms with Gasteiger partial charge in [-0.05, 0) is 55.0 Å². The van der Waals surface area contributed by atoms with E-state index in [0.717, 1.165) is 12.2 Å². The Hall–Kier alpha value is -2.86. The molecule has 0 aliphatic heterocycles. The van der Waals surface area contributed by atoms with E-state index in [1.54, 1.807) is 55.6 Å². The lowest BCUT2D eigenvalue weighted by atomic mass is 10.1. The van der Waals surface area contributed by atoms with Gasteiger partial charge in [0, 0.05) is 30.5 Å². The second-order valence-electron chi connectivity index (χ2n) is 5.65. The fourth-order valence-electron chi connectivity index (χ4n) is 2.20. The van der Waals surface area contributed by atoms with Crippen LogP contribution in [0.15, 0.2) is 48.5 Å². The molecule has 0 unspecified atom stereocenters. The van der Waals surface area contributed by atoms with Crippen LogP contribution >= 0.6 is 0 Å². The Bertz CT molecular complexity index is 712. The van der Waals surface area contributed by atoms with E-state index in [1.165, 1.54) is 0 Å². The maximum atomic E-state index is 12.3. The number of ether oxygens (including phenoxy) is 2. The summed E-state index contributed by atoms with van der Waals surface area (Å²) in [6, 6.07) is 13.7. The quantitative estimate of drug-likeness (QED) is 0.677. The SMILES string of the molecule is CCCOc1ccc(C(=O)Nc2ccc(C(=O)NCCOC)cc2)cc1. The normalized spacial score (nSPS) is 10.2. The van der Waals surface area contributed by atoms with Crippen LogP contribution in [0.2, 0.25) is 0 Å². The molecule has 0 aliphatic carbocycles. The number of benzene rings is 2. The summed E-state index contributed by atoms with van der Waals surface area (Å²) in [7, 11) is 1.58. The first-order chi connectivity index (χ1) is 12.6. The summed E-state index contributed by atoms with van der Waals surface area (Å²) in [4.78, 5) is 24.2. The zero-order valence-electron chi connectivity index (χ0n) is 15.1. The van der Waals surface area contributed by atoms with Crippen molar-refractivity contribution in [2.75, 3.05) is 32.2 Å². The van der Waals surface area contributed by atoms with Gasteiger partial charge in [-0.2, -0.15) is 0 Å². The van der Waals surface area contributed by atoms with Crippen molar-refractivity contribution in [2.45, 2.75) is 13.3 Å². The molecule has 6 heteroatoms. The predicted octanol–water partition coefficient (Wildman–Crippen LogP) is 3.10. The number of carbonyl (C=O) groups is 2. The lowest BCUT2D eigenvalue weighted by Gasteiger charge is -2.08. The molecule has 2 aromatic carbocycles. The number of hydrogen-bond acceptors (Lipinski definition) is 4. The lowest BCUT2D eigenvalue weighted by Crippen LogP contribution is -2.26. The molecule has 2 N–H and O–H groups in total. The van der Waals surface area contributed by atoms with Gasteiger partial charge in [-0.3, -0.25) is 9.59 Å². The van der Waals surface area contributed by atoms with Gasteiger partial charge in [0.2, 0.25) is 0 Å². The average molecular weight is 356 g/mol. The number of anilines is 1. The van der Waals surface area contributed by atoms with E-state index < -0.39 is 0 Å². The van der Waals surface area contributed by atoms with Crippen LogP contribution in [-0.4, -0.2) is 38.7 Å². The zero-order chi connectivity index (χ0) is 18.8. The van der Waals surface area contributed by atoms with Crippen LogP contribution in [0.25, 0.3) is 0 Å². The van der Waals surface area contributed by atoms with Crippen LogP contribution in [0.1, 0.15) is 34.1 Å². The molecule has 0 bridgehead atoms. The number of rotatable bonds is 9. The highest BCUT2D eigenvalue weighted by molar-refractivity contribution is 6.04. The molecule has 0 atom stereocenters. The Balaban J connectivity index is 1.91. The largest absolute Gasteiger partial charge is 0.494 e. The molecule has 6 nitrogen and oxygen atoms in total. The molecule has 0 heterocycles. The van der Waals surface area contributed by atoms with Crippen molar-refractivity contribution in [1.82, 2.24) is 5.32 Å². The van der Waals surface area contributed by atoms with Gasteiger partial charge in [0.15, 0.2) is 0 Å². The third-order valence-electron chi connectivity index (χ3n) is 3.59. The van der Waals surface area contributed by atoms with E-state index in [0.29, 0.717) is 36.6 Å². The standard InChI is InChI=1S/C20H24N2O4/c1-3-13-26-18-10-6-16(7-11-18)20(24)22-17-8-4-15(5-9-17)19(23)21-12-14-25-2/h4-11H,3,12-14H2,1-2H3,(H,21,23)(H,22,24). The first-order valence-corrected chi connectivity index (χ1v) is 8.55. The second-order valence-corrected chi connectivity index (χ2v) is 5.65. The first-order valence-electron chi connectivity index (χ1n) is 8.55. The van der Waals surface area contributed by atoms with E-state index in [9.17, 15) is 9.59 Å². The first kappa shape index (κ1) is 19.5. The Morgan fingerprint density at radius 2 is 1.50 bits per heavy atom. The molecular weight excluding hydrogens is 332 g/mol. The molecular formula is C20H24N2O4. The third kappa shape index (κ3) is 5.89. The van der Waals surface area contributed by atoms with Crippen LogP contribution in [0, 0.1) is 0 Å². The number of hydrogen-bond donors (Lipinski definition) is 2. The monoisotopic (exact) mass is 356 g/mol. The summed E-state index contributed by atoms with van der Waals surface area (Å²) in [5, 5.41) is 5.55. The summed E-state index contributed by atoms with van der Waals surface area (Å²) >= 11 is 0. The number of carbonyl (C=O) groups excluding carboxylic acids is 2. The van der Waals surface area contributed by atoms with Crippen molar-refractivity contribution in [3.8, 4) is 5.75 Å². The highest BCUT2D eigenvalue weighted by Crippen LogP contribution is 2.15. The van der Waals surface area contributed by atoms with Gasteiger partial charge in [0.25, 0.3) is 11.8 Å². The van der Waals surface area contributed by atoms with Crippen molar-refractivity contribution in [3.63, 3.8) is 0 Å². The smallest absolute Gasteiger partial charge is 0.255 e. The van der Waals surface area contributed by atoms with Gasteiger partial charge in [0.1, 0.15) is 5.75 Å². The fraction of sp³-hybridized carbons (Fsp3) is 0.300. The van der Waals surface area contributed by atoms with E-state index in [-0.39, 0.29) is 11.8 Å². The summed E-state index contributed by atoms with van der Waals surface area (Å²) in [6.45, 7) is 3.60. The minimum absolute atomic E-state index is 0.178. The second kappa shape index (κ2) is 10.2. The minimum atomic E-state index is -0.218. The lowest BCUT2D eigenvalue weighted by molar-refractivity contribution is 0.0936. The van der Waals surface area contributed by atoms with Crippen molar-refractivity contribution in [2.24, 2.45) is 0 Å². The highest BCUT2D eigenvalue weighted by atomic mass is 16.5. The molecule has 26 heavy (non-hydrogen) atoms. The topological polar surface area (TPSA) is 76.7 Å². The van der Waals surface area contributed by atoms with Crippen molar-refractivity contribution in [1.29, 1.82) is 0 Å². The average Bonchev–Trinajstić information content (AvgIpc) is 2.67. The van der Waals surface area contributed by atoms with Crippen LogP contribution in [-0.2, 0) is 4.74 Å². The third-order valence-corrected chi connectivity index (χ3v) is 3.59. The van der Waals surface area contributed by atoms with Gasteiger partial charge in [-0.15, -0.1) is 0 Å². The van der Waals surface area contributed by atoms with E-state index >= 15 is 0 Å². The van der Waals surface area contributed by atoms with Crippen LogP contribution < -0.4 is 15.4 Å². The van der Waals surface area contributed by atoms with Crippen molar-refractivity contribution >= 4 is 17.5 Å². The number of amides is 2. The van der Waals surface area contributed by atoms with Gasteiger partial charge < -0.3 is 20.1 Å².